The summed E-state index contributed by atoms with van der Waals surface area (Å²) in [5, 5.41) is 20.5. The number of halogens is 1. The minimum absolute atomic E-state index is 0.174. The fourth-order valence-electron chi connectivity index (χ4n) is 3.62. The smallest absolute Gasteiger partial charge is 0.253 e. The Kier molecular flexibility index (Phi) is 6.15. The SMILES string of the molecule is CNC(=O)c1ccccc1Nc1cc(Nc2c[nH]nc2C2CCNCC2)ncc1Cl. The molecule has 9 heteroatoms. The summed E-state index contributed by atoms with van der Waals surface area (Å²) in [5.41, 5.74) is 3.78. The van der Waals surface area contributed by atoms with Gasteiger partial charge in [0.25, 0.3) is 5.91 Å². The van der Waals surface area contributed by atoms with E-state index in [1.54, 1.807) is 19.3 Å². The van der Waals surface area contributed by atoms with Crippen LogP contribution in [0.3, 0.4) is 0 Å². The zero-order valence-corrected chi connectivity index (χ0v) is 17.4. The molecule has 3 aromatic rings. The first-order valence-corrected chi connectivity index (χ1v) is 10.3. The number of pyridine rings is 1. The molecule has 5 N–H and O–H groups in total. The topological polar surface area (TPSA) is 107 Å². The number of hydrogen-bond donors (Lipinski definition) is 5. The quantitative estimate of drug-likeness (QED) is 0.411. The molecule has 3 heterocycles. The van der Waals surface area contributed by atoms with Gasteiger partial charge in [0.05, 0.1) is 39.5 Å². The highest BCUT2D eigenvalue weighted by atomic mass is 35.5. The number of carbonyl (C=O) groups excluding carboxylic acids is 1. The lowest BCUT2D eigenvalue weighted by Gasteiger charge is -2.22. The molecule has 8 nitrogen and oxygen atoms in total. The van der Waals surface area contributed by atoms with Crippen LogP contribution in [0.5, 0.6) is 0 Å². The summed E-state index contributed by atoms with van der Waals surface area (Å²) in [7, 11) is 1.60. The maximum absolute atomic E-state index is 12.2. The monoisotopic (exact) mass is 425 g/mol. The van der Waals surface area contributed by atoms with Crippen molar-refractivity contribution in [3.05, 3.63) is 59.0 Å². The van der Waals surface area contributed by atoms with Crippen molar-refractivity contribution in [2.24, 2.45) is 0 Å². The number of rotatable bonds is 6. The number of aromatic amines is 1. The standard InChI is InChI=1S/C21H24ClN7O/c1-23-21(30)14-4-2-3-5-16(14)27-17-10-19(25-11-15(17)22)28-18-12-26-29-20(18)13-6-8-24-9-7-13/h2-5,10-13,24H,6-9H2,1H3,(H,23,30)(H,26,29)(H2,25,27,28). The van der Waals surface area contributed by atoms with Crippen molar-refractivity contribution < 1.29 is 4.79 Å². The largest absolute Gasteiger partial charge is 0.355 e. The van der Waals surface area contributed by atoms with E-state index in [0.717, 1.165) is 37.3 Å². The number of hydrogen-bond acceptors (Lipinski definition) is 6. The third-order valence-corrected chi connectivity index (χ3v) is 5.48. The van der Waals surface area contributed by atoms with Gasteiger partial charge in [0.1, 0.15) is 5.82 Å². The van der Waals surface area contributed by atoms with E-state index in [2.05, 4.69) is 36.4 Å². The molecule has 4 rings (SSSR count). The van der Waals surface area contributed by atoms with Gasteiger partial charge in [0, 0.05) is 25.2 Å². The van der Waals surface area contributed by atoms with E-state index in [9.17, 15) is 4.79 Å². The van der Waals surface area contributed by atoms with Gasteiger partial charge in [0.2, 0.25) is 0 Å². The van der Waals surface area contributed by atoms with Crippen LogP contribution in [-0.4, -0.2) is 41.2 Å². The molecule has 1 saturated heterocycles. The number of piperidine rings is 1. The number of aromatic nitrogens is 3. The second-order valence-corrected chi connectivity index (χ2v) is 7.54. The van der Waals surface area contributed by atoms with Crippen LogP contribution in [0, 0.1) is 0 Å². The van der Waals surface area contributed by atoms with Crippen LogP contribution in [0.15, 0.2) is 42.7 Å². The van der Waals surface area contributed by atoms with Gasteiger partial charge in [-0.25, -0.2) is 4.98 Å². The van der Waals surface area contributed by atoms with Gasteiger partial charge in [-0.15, -0.1) is 0 Å². The minimum Gasteiger partial charge on any atom is -0.355 e. The predicted molar refractivity (Wildman–Crippen MR) is 119 cm³/mol. The Morgan fingerprint density at radius 3 is 2.73 bits per heavy atom. The van der Waals surface area contributed by atoms with Gasteiger partial charge in [-0.2, -0.15) is 5.10 Å². The van der Waals surface area contributed by atoms with Gasteiger partial charge in [-0.3, -0.25) is 9.89 Å². The molecule has 30 heavy (non-hydrogen) atoms. The average molecular weight is 426 g/mol. The van der Waals surface area contributed by atoms with Crippen molar-refractivity contribution in [2.45, 2.75) is 18.8 Å². The summed E-state index contributed by atoms with van der Waals surface area (Å²) < 4.78 is 0. The van der Waals surface area contributed by atoms with Gasteiger partial charge >= 0.3 is 0 Å². The van der Waals surface area contributed by atoms with E-state index < -0.39 is 0 Å². The molecule has 0 bridgehead atoms. The van der Waals surface area contributed by atoms with Crippen LogP contribution in [-0.2, 0) is 0 Å². The van der Waals surface area contributed by atoms with Gasteiger partial charge in [-0.1, -0.05) is 23.7 Å². The van der Waals surface area contributed by atoms with Crippen LogP contribution in [0.25, 0.3) is 0 Å². The van der Waals surface area contributed by atoms with Crippen LogP contribution in [0.2, 0.25) is 5.02 Å². The summed E-state index contributed by atoms with van der Waals surface area (Å²) >= 11 is 6.37. The lowest BCUT2D eigenvalue weighted by Crippen LogP contribution is -2.27. The fourth-order valence-corrected chi connectivity index (χ4v) is 3.77. The van der Waals surface area contributed by atoms with Crippen LogP contribution >= 0.6 is 11.6 Å². The van der Waals surface area contributed by atoms with Crippen molar-refractivity contribution in [1.29, 1.82) is 0 Å². The van der Waals surface area contributed by atoms with Crippen molar-refractivity contribution in [3.63, 3.8) is 0 Å². The lowest BCUT2D eigenvalue weighted by molar-refractivity contribution is 0.0964. The molecule has 1 aliphatic rings. The van der Waals surface area contributed by atoms with E-state index in [1.807, 2.05) is 30.5 Å². The average Bonchev–Trinajstić information content (AvgIpc) is 3.24. The lowest BCUT2D eigenvalue weighted by atomic mass is 9.94. The molecule has 1 amide bonds. The Morgan fingerprint density at radius 1 is 1.13 bits per heavy atom. The minimum atomic E-state index is -0.174. The predicted octanol–water partition coefficient (Wildman–Crippen LogP) is 3.77. The molecule has 2 aromatic heterocycles. The number of amides is 1. The first-order valence-electron chi connectivity index (χ1n) is 9.91. The number of H-pyrrole nitrogens is 1. The molecule has 1 aromatic carbocycles. The third-order valence-electron chi connectivity index (χ3n) is 5.18. The van der Waals surface area contributed by atoms with Crippen LogP contribution in [0.1, 0.15) is 34.8 Å². The van der Waals surface area contributed by atoms with E-state index >= 15 is 0 Å². The van der Waals surface area contributed by atoms with Gasteiger partial charge in [-0.05, 0) is 38.1 Å². The summed E-state index contributed by atoms with van der Waals surface area (Å²) in [6, 6.07) is 9.09. The maximum atomic E-state index is 12.2. The molecule has 0 radical (unpaired) electrons. The number of benzene rings is 1. The molecule has 0 spiro atoms. The third kappa shape index (κ3) is 4.39. The Bertz CT molecular complexity index is 1030. The second kappa shape index (κ2) is 9.15. The Hall–Kier alpha value is -3.10. The molecule has 0 unspecified atom stereocenters. The summed E-state index contributed by atoms with van der Waals surface area (Å²) in [6.45, 7) is 1.99. The number of carbonyl (C=O) groups is 1. The van der Waals surface area contributed by atoms with Gasteiger partial charge < -0.3 is 21.3 Å². The first kappa shape index (κ1) is 20.2. The molecular weight excluding hydrogens is 402 g/mol. The molecule has 0 aliphatic carbocycles. The molecule has 156 valence electrons. The highest BCUT2D eigenvalue weighted by molar-refractivity contribution is 6.33. The summed E-state index contributed by atoms with van der Waals surface area (Å²) in [6.07, 6.45) is 5.54. The van der Waals surface area contributed by atoms with E-state index in [4.69, 9.17) is 11.6 Å². The summed E-state index contributed by atoms with van der Waals surface area (Å²) in [4.78, 5) is 16.6. The van der Waals surface area contributed by atoms with E-state index in [0.29, 0.717) is 33.7 Å². The van der Waals surface area contributed by atoms with Crippen molar-refractivity contribution in [1.82, 2.24) is 25.8 Å². The van der Waals surface area contributed by atoms with E-state index in [-0.39, 0.29) is 5.91 Å². The number of nitrogens with zero attached hydrogens (tertiary/aromatic N) is 2. The number of nitrogens with one attached hydrogen (secondary N) is 5. The van der Waals surface area contributed by atoms with Crippen LogP contribution in [0.4, 0.5) is 22.9 Å². The van der Waals surface area contributed by atoms with Crippen molar-refractivity contribution in [3.8, 4) is 0 Å². The molecule has 1 fully saturated rings. The highest BCUT2D eigenvalue weighted by Gasteiger charge is 2.21. The fraction of sp³-hybridized carbons (Fsp3) is 0.286. The molecule has 0 atom stereocenters. The zero-order valence-electron chi connectivity index (χ0n) is 16.6. The Morgan fingerprint density at radius 2 is 1.93 bits per heavy atom. The maximum Gasteiger partial charge on any atom is 0.253 e. The number of anilines is 4. The Labute approximate surface area is 179 Å². The van der Waals surface area contributed by atoms with Crippen molar-refractivity contribution in [2.75, 3.05) is 30.8 Å². The number of para-hydroxylation sites is 1. The highest BCUT2D eigenvalue weighted by Crippen LogP contribution is 2.33. The summed E-state index contributed by atoms with van der Waals surface area (Å²) in [5.74, 6) is 0.867. The molecule has 1 aliphatic heterocycles. The second-order valence-electron chi connectivity index (χ2n) is 7.13. The van der Waals surface area contributed by atoms with Crippen LogP contribution < -0.4 is 21.3 Å². The van der Waals surface area contributed by atoms with Crippen molar-refractivity contribution >= 4 is 40.4 Å². The first-order chi connectivity index (χ1) is 14.7. The van der Waals surface area contributed by atoms with E-state index in [1.165, 1.54) is 0 Å². The molecular formula is C21H24ClN7O. The van der Waals surface area contributed by atoms with Gasteiger partial charge in [0.15, 0.2) is 0 Å². The molecule has 0 saturated carbocycles. The zero-order chi connectivity index (χ0) is 20.9. The Balaban J connectivity index is 1.57. The normalized spacial score (nSPS) is 14.3.